The summed E-state index contributed by atoms with van der Waals surface area (Å²) < 4.78 is 87.9. The minimum atomic E-state index is -0.753. The van der Waals surface area contributed by atoms with Crippen LogP contribution in [0.5, 0.6) is 34.5 Å². The van der Waals surface area contributed by atoms with E-state index in [0.29, 0.717) is 54.2 Å². The Hall–Kier alpha value is -8.09. The van der Waals surface area contributed by atoms with Crippen molar-refractivity contribution >= 4 is 47.8 Å². The Morgan fingerprint density at radius 3 is 0.890 bits per heavy atom. The summed E-state index contributed by atoms with van der Waals surface area (Å²) in [6.07, 6.45) is -7.44. The van der Waals surface area contributed by atoms with E-state index >= 15 is 0 Å². The maximum absolute atomic E-state index is 11.8. The summed E-state index contributed by atoms with van der Waals surface area (Å²) in [5.74, 6) is 2.48. The standard InChI is InChI=1S/C49H47N3O21/c53-45-59-23-38(68-45)17-50(16-37-22-58-43-44(67-37)73-43)28-1-7-31(8-2-28)64-34-13-35(65-32-9-3-29(4-10-32)51(18-39-24-60-46(54)69-39)19-40-25-61-47(55)70-40)15-36(14-34)66-33-11-5-30(6-12-33)52(20-41-26-62-48(56)71-41)21-42-27-63-49(57)72-42/h1-15,37-44H,16-27H2. The highest BCUT2D eigenvalue weighted by atomic mass is 16.9. The number of carbonyl (C=O) groups excluding carboxylic acids is 5. The topological polar surface area (TPSA) is 246 Å². The summed E-state index contributed by atoms with van der Waals surface area (Å²) in [6, 6.07) is 26.8. The van der Waals surface area contributed by atoms with Crippen LogP contribution in [0.2, 0.25) is 0 Å². The zero-order chi connectivity index (χ0) is 49.8. The highest BCUT2D eigenvalue weighted by molar-refractivity contribution is 5.65. The van der Waals surface area contributed by atoms with E-state index < -0.39 is 67.6 Å². The van der Waals surface area contributed by atoms with Crippen LogP contribution in [0.15, 0.2) is 91.0 Å². The third-order valence-electron chi connectivity index (χ3n) is 12.1. The fourth-order valence-corrected chi connectivity index (χ4v) is 8.74. The van der Waals surface area contributed by atoms with Crippen LogP contribution >= 0.6 is 0 Å². The van der Waals surface area contributed by atoms with Crippen LogP contribution in [-0.2, 0) is 61.6 Å². The number of epoxide rings is 1. The molecule has 0 amide bonds. The first-order chi connectivity index (χ1) is 35.5. The molecule has 4 aromatic rings. The summed E-state index contributed by atoms with van der Waals surface area (Å²) in [5, 5.41) is 0. The van der Waals surface area contributed by atoms with Crippen molar-refractivity contribution in [2.45, 2.75) is 49.2 Å². The van der Waals surface area contributed by atoms with Crippen LogP contribution in [0.4, 0.5) is 41.0 Å². The third kappa shape index (κ3) is 12.2. The van der Waals surface area contributed by atoms with Crippen LogP contribution in [0.25, 0.3) is 0 Å². The normalized spacial score (nSPS) is 25.5. The van der Waals surface area contributed by atoms with Gasteiger partial charge in [0.1, 0.15) is 73.6 Å². The molecule has 7 saturated heterocycles. The SMILES string of the molecule is O=C1OCC(CN(CC2COC(=O)O2)c2ccc(Oc3cc(Oc4ccc(N(CC5COC(=O)O5)CC5COC(=O)O5)cc4)cc(Oc4ccc(N(CC5COC(=O)O5)CC5COC6OC6O5)cc4)c3)cc2)O1. The number of rotatable bonds is 21. The fraction of sp³-hybridized carbons (Fsp3) is 0.408. The number of anilines is 3. The van der Waals surface area contributed by atoms with Gasteiger partial charge in [0.2, 0.25) is 12.6 Å². The van der Waals surface area contributed by atoms with Crippen LogP contribution in [0.1, 0.15) is 0 Å². The molecule has 0 bridgehead atoms. The van der Waals surface area contributed by atoms with E-state index in [2.05, 4.69) is 0 Å². The van der Waals surface area contributed by atoms with Gasteiger partial charge in [-0.1, -0.05) is 0 Å². The zero-order valence-electron chi connectivity index (χ0n) is 38.7. The van der Waals surface area contributed by atoms with Crippen molar-refractivity contribution in [1.29, 1.82) is 0 Å². The minimum absolute atomic E-state index is 0.0760. The second-order valence-electron chi connectivity index (χ2n) is 17.6. The lowest BCUT2D eigenvalue weighted by molar-refractivity contribution is -0.0886. The highest BCUT2D eigenvalue weighted by Gasteiger charge is 2.48. The predicted molar refractivity (Wildman–Crippen MR) is 243 cm³/mol. The molecule has 0 spiro atoms. The highest BCUT2D eigenvalue weighted by Crippen LogP contribution is 2.38. The largest absolute Gasteiger partial charge is 0.508 e. The number of hydrogen-bond acceptors (Lipinski definition) is 24. The second-order valence-corrected chi connectivity index (χ2v) is 17.6. The lowest BCUT2D eigenvalue weighted by Crippen LogP contribution is -2.43. The number of fused-ring (bicyclic) bond motifs is 1. The van der Waals surface area contributed by atoms with E-state index in [0.717, 1.165) is 17.1 Å². The summed E-state index contributed by atoms with van der Waals surface area (Å²) in [5.41, 5.74) is 2.25. The lowest BCUT2D eigenvalue weighted by atomic mass is 10.2. The van der Waals surface area contributed by atoms with Crippen LogP contribution < -0.4 is 28.9 Å². The average Bonchev–Trinajstić information content (AvgIpc) is 3.94. The van der Waals surface area contributed by atoms with Gasteiger partial charge in [0, 0.05) is 41.8 Å². The van der Waals surface area contributed by atoms with Gasteiger partial charge in [0.05, 0.1) is 39.3 Å². The summed E-state index contributed by atoms with van der Waals surface area (Å²) in [6.45, 7) is 2.57. The molecular weight excluding hydrogens is 967 g/mol. The van der Waals surface area contributed by atoms with Gasteiger partial charge in [-0.05, 0) is 72.8 Å². The maximum atomic E-state index is 11.8. The molecule has 7 aliphatic rings. The molecule has 0 N–H and O–H groups in total. The van der Waals surface area contributed by atoms with E-state index in [1.807, 2.05) is 51.1 Å². The molecule has 8 atom stereocenters. The average molecular weight is 1010 g/mol. The van der Waals surface area contributed by atoms with Crippen LogP contribution in [0, 0.1) is 0 Å². The maximum Gasteiger partial charge on any atom is 0.508 e. The van der Waals surface area contributed by atoms with Crippen molar-refractivity contribution in [3.63, 3.8) is 0 Å². The Bertz CT molecular complexity index is 2480. The number of carbonyl (C=O) groups is 5. The molecular formula is C49H47N3O21. The molecule has 73 heavy (non-hydrogen) atoms. The molecule has 8 unspecified atom stereocenters. The number of cyclic esters (lactones) is 10. The van der Waals surface area contributed by atoms with E-state index in [9.17, 15) is 24.0 Å². The van der Waals surface area contributed by atoms with Crippen molar-refractivity contribution < 1.29 is 99.8 Å². The van der Waals surface area contributed by atoms with E-state index in [4.69, 9.17) is 75.8 Å². The first kappa shape index (κ1) is 47.2. The molecule has 384 valence electrons. The Morgan fingerprint density at radius 1 is 0.342 bits per heavy atom. The van der Waals surface area contributed by atoms with Gasteiger partial charge >= 0.3 is 30.8 Å². The van der Waals surface area contributed by atoms with E-state index in [1.54, 1.807) is 54.6 Å². The molecule has 11 rings (SSSR count). The van der Waals surface area contributed by atoms with Crippen molar-refractivity contribution in [1.82, 2.24) is 0 Å². The Labute approximate surface area is 415 Å². The molecule has 24 nitrogen and oxygen atoms in total. The monoisotopic (exact) mass is 1010 g/mol. The Balaban J connectivity index is 0.828. The van der Waals surface area contributed by atoms with Crippen molar-refractivity contribution in [2.75, 3.05) is 93.6 Å². The number of hydrogen-bond donors (Lipinski definition) is 0. The first-order valence-corrected chi connectivity index (χ1v) is 23.4. The molecule has 7 fully saturated rings. The van der Waals surface area contributed by atoms with Gasteiger partial charge in [0.25, 0.3) is 0 Å². The van der Waals surface area contributed by atoms with Gasteiger partial charge < -0.3 is 90.5 Å². The van der Waals surface area contributed by atoms with E-state index in [1.165, 1.54) is 0 Å². The molecule has 7 heterocycles. The second kappa shape index (κ2) is 20.9. The lowest BCUT2D eigenvalue weighted by Gasteiger charge is -2.31. The molecule has 7 aliphatic heterocycles. The first-order valence-electron chi connectivity index (χ1n) is 23.4. The summed E-state index contributed by atoms with van der Waals surface area (Å²) >= 11 is 0. The van der Waals surface area contributed by atoms with Crippen molar-refractivity contribution in [2.24, 2.45) is 0 Å². The van der Waals surface area contributed by atoms with Crippen molar-refractivity contribution in [3.05, 3.63) is 91.0 Å². The molecule has 0 radical (unpaired) electrons. The van der Waals surface area contributed by atoms with Crippen LogP contribution in [-0.4, -0.2) is 159 Å². The van der Waals surface area contributed by atoms with Gasteiger partial charge in [-0.3, -0.25) is 0 Å². The van der Waals surface area contributed by atoms with E-state index in [-0.39, 0.29) is 71.6 Å². The van der Waals surface area contributed by atoms with Crippen molar-refractivity contribution in [3.8, 4) is 34.5 Å². The van der Waals surface area contributed by atoms with Crippen LogP contribution in [0.3, 0.4) is 0 Å². The quantitative estimate of drug-likeness (QED) is 0.0508. The predicted octanol–water partition coefficient (Wildman–Crippen LogP) is 6.26. The van der Waals surface area contributed by atoms with Gasteiger partial charge in [-0.2, -0.15) is 0 Å². The van der Waals surface area contributed by atoms with Gasteiger partial charge in [-0.15, -0.1) is 0 Å². The zero-order valence-corrected chi connectivity index (χ0v) is 38.7. The Morgan fingerprint density at radius 2 is 0.630 bits per heavy atom. The number of benzene rings is 4. The Kier molecular flexibility index (Phi) is 13.6. The summed E-state index contributed by atoms with van der Waals surface area (Å²) in [7, 11) is 0. The fourth-order valence-electron chi connectivity index (χ4n) is 8.74. The third-order valence-corrected chi connectivity index (χ3v) is 12.1. The molecule has 24 heteroatoms. The molecule has 0 aliphatic carbocycles. The minimum Gasteiger partial charge on any atom is -0.457 e. The number of nitrogens with zero attached hydrogens (tertiary/aromatic N) is 3. The van der Waals surface area contributed by atoms with Gasteiger partial charge in [0.15, 0.2) is 30.5 Å². The summed E-state index contributed by atoms with van der Waals surface area (Å²) in [4.78, 5) is 64.5. The molecule has 0 aromatic heterocycles. The molecule has 4 aromatic carbocycles. The number of ether oxygens (including phenoxy) is 16. The van der Waals surface area contributed by atoms with Gasteiger partial charge in [-0.25, -0.2) is 24.0 Å². The smallest absolute Gasteiger partial charge is 0.457 e. The molecule has 0 saturated carbocycles.